The highest BCUT2D eigenvalue weighted by molar-refractivity contribution is 5.66. The number of ether oxygens (including phenoxy) is 1. The summed E-state index contributed by atoms with van der Waals surface area (Å²) in [7, 11) is 0. The summed E-state index contributed by atoms with van der Waals surface area (Å²) >= 11 is 0. The predicted molar refractivity (Wildman–Crippen MR) is 95.9 cm³/mol. The fourth-order valence-electron chi connectivity index (χ4n) is 4.46. The number of halogens is 6. The van der Waals surface area contributed by atoms with Gasteiger partial charge in [0.25, 0.3) is 0 Å². The van der Waals surface area contributed by atoms with E-state index in [0.29, 0.717) is 17.7 Å². The van der Waals surface area contributed by atoms with E-state index in [2.05, 4.69) is 4.74 Å². The molecule has 0 atom stereocenters. The summed E-state index contributed by atoms with van der Waals surface area (Å²) in [6.07, 6.45) is 1.42. The maximum Gasteiger partial charge on any atom is 0.573 e. The van der Waals surface area contributed by atoms with E-state index in [9.17, 15) is 26.3 Å². The van der Waals surface area contributed by atoms with Crippen molar-refractivity contribution in [3.63, 3.8) is 0 Å². The quantitative estimate of drug-likeness (QED) is 0.475. The maximum absolute atomic E-state index is 14.7. The molecule has 0 spiro atoms. The minimum atomic E-state index is -5.06. The monoisotopic (exact) mass is 414 g/mol. The van der Waals surface area contributed by atoms with Gasteiger partial charge in [0.2, 0.25) is 0 Å². The molecular formula is C22H20F6O. The molecule has 0 N–H and O–H groups in total. The molecule has 4 rings (SSSR count). The fourth-order valence-corrected chi connectivity index (χ4v) is 4.46. The lowest BCUT2D eigenvalue weighted by Gasteiger charge is -2.29. The Morgan fingerprint density at radius 2 is 1.28 bits per heavy atom. The van der Waals surface area contributed by atoms with Crippen molar-refractivity contribution < 1.29 is 31.1 Å². The molecule has 0 amide bonds. The van der Waals surface area contributed by atoms with E-state index in [1.165, 1.54) is 25.0 Å². The standard InChI is InChI=1S/C22H20F6O/c23-17-9-15(7-8-20(17)29-22(26,27)28)21-18(24)10-16(11-19(21)25)14-5-3-13(4-6-14)12-1-2-12/h7-14H,1-6H2. The first kappa shape index (κ1) is 20.1. The van der Waals surface area contributed by atoms with E-state index in [4.69, 9.17) is 0 Å². The molecule has 29 heavy (non-hydrogen) atoms. The van der Waals surface area contributed by atoms with Gasteiger partial charge in [0.05, 0.1) is 5.56 Å². The van der Waals surface area contributed by atoms with Crippen LogP contribution in [0.15, 0.2) is 30.3 Å². The smallest absolute Gasteiger partial charge is 0.403 e. The van der Waals surface area contributed by atoms with Crippen LogP contribution in [0.5, 0.6) is 5.75 Å². The molecule has 2 aromatic rings. The lowest BCUT2D eigenvalue weighted by Crippen LogP contribution is -2.18. The first-order valence-corrected chi connectivity index (χ1v) is 9.76. The van der Waals surface area contributed by atoms with Crippen LogP contribution in [0.25, 0.3) is 11.1 Å². The van der Waals surface area contributed by atoms with Gasteiger partial charge in [-0.05, 0) is 91.7 Å². The van der Waals surface area contributed by atoms with Crippen LogP contribution in [-0.4, -0.2) is 6.36 Å². The normalized spacial score (nSPS) is 22.6. The molecule has 0 saturated heterocycles. The molecule has 0 aromatic heterocycles. The second kappa shape index (κ2) is 7.58. The number of hydrogen-bond donors (Lipinski definition) is 0. The highest BCUT2D eigenvalue weighted by atomic mass is 19.4. The van der Waals surface area contributed by atoms with Crippen LogP contribution in [0.3, 0.4) is 0 Å². The third kappa shape index (κ3) is 4.54. The van der Waals surface area contributed by atoms with Gasteiger partial charge < -0.3 is 4.74 Å². The Kier molecular flexibility index (Phi) is 5.25. The largest absolute Gasteiger partial charge is 0.573 e. The summed E-state index contributed by atoms with van der Waals surface area (Å²) in [4.78, 5) is 0. The molecule has 156 valence electrons. The predicted octanol–water partition coefficient (Wildman–Crippen LogP) is 7.35. The molecule has 2 aromatic carbocycles. The summed E-state index contributed by atoms with van der Waals surface area (Å²) < 4.78 is 83.7. The third-order valence-corrected chi connectivity index (χ3v) is 6.04. The van der Waals surface area contributed by atoms with E-state index in [-0.39, 0.29) is 11.5 Å². The van der Waals surface area contributed by atoms with Crippen molar-refractivity contribution in [2.24, 2.45) is 11.8 Å². The van der Waals surface area contributed by atoms with Gasteiger partial charge in [-0.2, -0.15) is 0 Å². The van der Waals surface area contributed by atoms with Crippen molar-refractivity contribution in [3.05, 3.63) is 53.3 Å². The molecule has 2 saturated carbocycles. The van der Waals surface area contributed by atoms with E-state index in [1.807, 2.05) is 0 Å². The summed E-state index contributed by atoms with van der Waals surface area (Å²) in [5.74, 6) is -2.47. The highest BCUT2D eigenvalue weighted by Gasteiger charge is 2.35. The molecule has 2 aliphatic rings. The first-order valence-electron chi connectivity index (χ1n) is 9.76. The first-order chi connectivity index (χ1) is 13.7. The Hall–Kier alpha value is -2.18. The van der Waals surface area contributed by atoms with Gasteiger partial charge in [-0.15, -0.1) is 13.2 Å². The van der Waals surface area contributed by atoms with E-state index < -0.39 is 35.1 Å². The Morgan fingerprint density at radius 3 is 1.76 bits per heavy atom. The minimum Gasteiger partial charge on any atom is -0.403 e. The van der Waals surface area contributed by atoms with Crippen LogP contribution in [0.4, 0.5) is 26.3 Å². The van der Waals surface area contributed by atoms with Gasteiger partial charge >= 0.3 is 6.36 Å². The van der Waals surface area contributed by atoms with Gasteiger partial charge in [0, 0.05) is 0 Å². The second-order valence-corrected chi connectivity index (χ2v) is 8.00. The average Bonchev–Trinajstić information content (AvgIpc) is 3.48. The van der Waals surface area contributed by atoms with Crippen molar-refractivity contribution in [3.8, 4) is 16.9 Å². The molecule has 0 unspecified atom stereocenters. The van der Waals surface area contributed by atoms with Gasteiger partial charge in [-0.3, -0.25) is 0 Å². The van der Waals surface area contributed by atoms with Crippen molar-refractivity contribution >= 4 is 0 Å². The van der Waals surface area contributed by atoms with Gasteiger partial charge in [0.1, 0.15) is 11.6 Å². The lowest BCUT2D eigenvalue weighted by molar-refractivity contribution is -0.275. The van der Waals surface area contributed by atoms with Crippen LogP contribution in [-0.2, 0) is 0 Å². The average molecular weight is 414 g/mol. The molecule has 0 heterocycles. The summed E-state index contributed by atoms with van der Waals surface area (Å²) in [6.45, 7) is 0. The van der Waals surface area contributed by atoms with Crippen LogP contribution in [0.1, 0.15) is 50.0 Å². The van der Waals surface area contributed by atoms with Crippen LogP contribution in [0.2, 0.25) is 0 Å². The summed E-state index contributed by atoms with van der Waals surface area (Å²) in [6, 6.07) is 4.89. The van der Waals surface area contributed by atoms with Gasteiger partial charge in [-0.1, -0.05) is 6.07 Å². The number of hydrogen-bond acceptors (Lipinski definition) is 1. The Morgan fingerprint density at radius 1 is 0.724 bits per heavy atom. The topological polar surface area (TPSA) is 9.23 Å². The number of alkyl halides is 3. The molecule has 0 aliphatic heterocycles. The fraction of sp³-hybridized carbons (Fsp3) is 0.455. The molecule has 2 fully saturated rings. The highest BCUT2D eigenvalue weighted by Crippen LogP contribution is 2.47. The van der Waals surface area contributed by atoms with Crippen molar-refractivity contribution in [1.29, 1.82) is 0 Å². The zero-order valence-electron chi connectivity index (χ0n) is 15.5. The van der Waals surface area contributed by atoms with E-state index in [0.717, 1.165) is 43.6 Å². The van der Waals surface area contributed by atoms with Crippen molar-refractivity contribution in [2.75, 3.05) is 0 Å². The van der Waals surface area contributed by atoms with E-state index in [1.54, 1.807) is 0 Å². The molecular weight excluding hydrogens is 394 g/mol. The van der Waals surface area contributed by atoms with Crippen LogP contribution < -0.4 is 4.74 Å². The Balaban J connectivity index is 1.55. The third-order valence-electron chi connectivity index (χ3n) is 6.04. The zero-order valence-corrected chi connectivity index (χ0v) is 15.5. The SMILES string of the molecule is Fc1cc(-c2c(F)cc(C3CCC(C4CC4)CC3)cc2F)ccc1OC(F)(F)F. The van der Waals surface area contributed by atoms with E-state index >= 15 is 0 Å². The minimum absolute atomic E-state index is 0.0855. The van der Waals surface area contributed by atoms with Gasteiger partial charge in [0.15, 0.2) is 11.6 Å². The molecule has 0 bridgehead atoms. The number of rotatable bonds is 4. The molecule has 0 radical (unpaired) electrons. The Bertz CT molecular complexity index is 872. The number of benzene rings is 2. The second-order valence-electron chi connectivity index (χ2n) is 8.00. The van der Waals surface area contributed by atoms with Crippen LogP contribution in [0, 0.1) is 29.3 Å². The molecule has 1 nitrogen and oxygen atoms in total. The van der Waals surface area contributed by atoms with Gasteiger partial charge in [-0.25, -0.2) is 13.2 Å². The zero-order chi connectivity index (χ0) is 20.8. The van der Waals surface area contributed by atoms with Crippen molar-refractivity contribution in [1.82, 2.24) is 0 Å². The van der Waals surface area contributed by atoms with Crippen molar-refractivity contribution in [2.45, 2.75) is 50.8 Å². The van der Waals surface area contributed by atoms with Crippen LogP contribution >= 0.6 is 0 Å². The summed E-state index contributed by atoms with van der Waals surface area (Å²) in [5.41, 5.74) is -0.0654. The lowest BCUT2D eigenvalue weighted by atomic mass is 9.76. The Labute approximate surface area is 164 Å². The summed E-state index contributed by atoms with van der Waals surface area (Å²) in [5, 5.41) is 0. The molecule has 7 heteroatoms. The maximum atomic E-state index is 14.7. The molecule has 2 aliphatic carbocycles.